The van der Waals surface area contributed by atoms with Gasteiger partial charge >= 0.3 is 6.03 Å². The molecule has 0 spiro atoms. The Morgan fingerprint density at radius 3 is 2.43 bits per heavy atom. The van der Waals surface area contributed by atoms with Gasteiger partial charge in [0.1, 0.15) is 6.54 Å². The molecule has 1 N–H and O–H groups in total. The number of carbonyl (C=O) groups excluding carboxylic acids is 2. The van der Waals surface area contributed by atoms with Gasteiger partial charge in [0.15, 0.2) is 0 Å². The van der Waals surface area contributed by atoms with Crippen LogP contribution in [0.25, 0.3) is 0 Å². The van der Waals surface area contributed by atoms with Gasteiger partial charge in [-0.05, 0) is 49.3 Å². The molecule has 0 bridgehead atoms. The maximum atomic E-state index is 13.4. The van der Waals surface area contributed by atoms with Gasteiger partial charge in [-0.2, -0.15) is 0 Å². The van der Waals surface area contributed by atoms with Crippen LogP contribution in [0, 0.1) is 6.92 Å². The van der Waals surface area contributed by atoms with Crippen LogP contribution in [0.1, 0.15) is 56.0 Å². The fourth-order valence-electron chi connectivity index (χ4n) is 3.14. The molecule has 5 nitrogen and oxygen atoms in total. The van der Waals surface area contributed by atoms with Crippen LogP contribution in [0.4, 0.5) is 4.79 Å². The molecule has 0 saturated heterocycles. The topological polar surface area (TPSA) is 52.7 Å². The highest BCUT2D eigenvalue weighted by atomic mass is 32.1. The highest BCUT2D eigenvalue weighted by Gasteiger charge is 2.25. The molecule has 2 aromatic rings. The first-order valence-electron chi connectivity index (χ1n) is 10.8. The van der Waals surface area contributed by atoms with E-state index in [9.17, 15) is 9.59 Å². The number of aryl methyl sites for hydroxylation is 1. The predicted molar refractivity (Wildman–Crippen MR) is 125 cm³/mol. The molecule has 1 heterocycles. The lowest BCUT2D eigenvalue weighted by atomic mass is 10.2. The fourth-order valence-corrected chi connectivity index (χ4v) is 4.06. The summed E-state index contributed by atoms with van der Waals surface area (Å²) in [7, 11) is 0. The Hall–Kier alpha value is -2.34. The third-order valence-electron chi connectivity index (χ3n) is 5.37. The Bertz CT molecular complexity index is 791. The first-order valence-corrected chi connectivity index (χ1v) is 11.7. The molecule has 0 saturated carbocycles. The summed E-state index contributed by atoms with van der Waals surface area (Å²) < 4.78 is 0. The number of thiophene rings is 1. The number of nitrogens with one attached hydrogen (secondary N) is 1. The minimum atomic E-state index is -0.155. The van der Waals surface area contributed by atoms with Crippen molar-refractivity contribution in [2.75, 3.05) is 13.1 Å². The van der Waals surface area contributed by atoms with Crippen molar-refractivity contribution < 1.29 is 9.59 Å². The van der Waals surface area contributed by atoms with Gasteiger partial charge in [-0.3, -0.25) is 4.79 Å². The summed E-state index contributed by atoms with van der Waals surface area (Å²) in [5.41, 5.74) is 2.28. The van der Waals surface area contributed by atoms with Crippen LogP contribution in [0.5, 0.6) is 0 Å². The summed E-state index contributed by atoms with van der Waals surface area (Å²) >= 11 is 1.67. The Labute approximate surface area is 185 Å². The lowest BCUT2D eigenvalue weighted by Crippen LogP contribution is -2.50. The van der Waals surface area contributed by atoms with Crippen LogP contribution in [0.2, 0.25) is 0 Å². The average molecular weight is 430 g/mol. The van der Waals surface area contributed by atoms with E-state index in [0.717, 1.165) is 24.8 Å². The molecular weight excluding hydrogens is 394 g/mol. The molecule has 0 fully saturated rings. The number of urea groups is 1. The molecule has 0 aliphatic heterocycles. The van der Waals surface area contributed by atoms with Crippen LogP contribution in [-0.4, -0.2) is 40.9 Å². The number of amides is 3. The summed E-state index contributed by atoms with van der Waals surface area (Å²) in [6.45, 7) is 10.0. The van der Waals surface area contributed by atoms with Gasteiger partial charge in [-0.25, -0.2) is 4.79 Å². The first kappa shape index (κ1) is 23.9. The van der Waals surface area contributed by atoms with Crippen molar-refractivity contribution >= 4 is 23.3 Å². The number of unbranched alkanes of at least 4 members (excludes halogenated alkanes) is 1. The lowest BCUT2D eigenvalue weighted by molar-refractivity contribution is -0.133. The molecule has 1 atom stereocenters. The van der Waals surface area contributed by atoms with Crippen LogP contribution >= 0.6 is 11.3 Å². The molecule has 6 heteroatoms. The molecule has 30 heavy (non-hydrogen) atoms. The molecular formula is C24H35N3O2S. The predicted octanol–water partition coefficient (Wildman–Crippen LogP) is 5.20. The molecule has 3 amide bonds. The van der Waals surface area contributed by atoms with E-state index in [1.54, 1.807) is 16.2 Å². The number of hydrogen-bond donors (Lipinski definition) is 1. The van der Waals surface area contributed by atoms with E-state index in [0.29, 0.717) is 19.6 Å². The number of rotatable bonds is 11. The van der Waals surface area contributed by atoms with Crippen molar-refractivity contribution in [1.82, 2.24) is 15.1 Å². The van der Waals surface area contributed by atoms with Gasteiger partial charge in [0.2, 0.25) is 5.91 Å². The third kappa shape index (κ3) is 7.17. The summed E-state index contributed by atoms with van der Waals surface area (Å²) in [5.74, 6) is -0.0300. The van der Waals surface area contributed by atoms with Crippen molar-refractivity contribution in [3.05, 3.63) is 57.8 Å². The molecule has 2 rings (SSSR count). The lowest BCUT2D eigenvalue weighted by Gasteiger charge is -2.31. The second kappa shape index (κ2) is 12.4. The summed E-state index contributed by atoms with van der Waals surface area (Å²) in [6.07, 6.45) is 2.76. The van der Waals surface area contributed by atoms with Gasteiger partial charge in [-0.1, -0.05) is 50.6 Å². The van der Waals surface area contributed by atoms with Crippen molar-refractivity contribution in [3.8, 4) is 0 Å². The van der Waals surface area contributed by atoms with Crippen LogP contribution in [-0.2, 0) is 17.9 Å². The molecule has 0 radical (unpaired) electrons. The summed E-state index contributed by atoms with van der Waals surface area (Å²) in [5, 5.41) is 5.02. The molecule has 0 aliphatic rings. The van der Waals surface area contributed by atoms with Gasteiger partial charge in [0.05, 0.1) is 6.54 Å². The Morgan fingerprint density at radius 2 is 1.83 bits per heavy atom. The number of hydrogen-bond acceptors (Lipinski definition) is 3. The van der Waals surface area contributed by atoms with E-state index in [2.05, 4.69) is 30.6 Å². The SMILES string of the molecule is CCCCNC(=O)N(CC(=O)N(Cc1ccccc1)Cc1sccc1C)C(C)CC. The Morgan fingerprint density at radius 1 is 1.10 bits per heavy atom. The van der Waals surface area contributed by atoms with Crippen molar-refractivity contribution in [3.63, 3.8) is 0 Å². The maximum absolute atomic E-state index is 13.4. The van der Waals surface area contributed by atoms with Crippen molar-refractivity contribution in [2.24, 2.45) is 0 Å². The van der Waals surface area contributed by atoms with E-state index in [-0.39, 0.29) is 24.5 Å². The van der Waals surface area contributed by atoms with Gasteiger partial charge in [-0.15, -0.1) is 11.3 Å². The Kier molecular flexibility index (Phi) is 9.87. The average Bonchev–Trinajstić information content (AvgIpc) is 3.16. The highest BCUT2D eigenvalue weighted by molar-refractivity contribution is 7.10. The van der Waals surface area contributed by atoms with Crippen molar-refractivity contribution in [2.45, 2.75) is 66.1 Å². The zero-order valence-corrected chi connectivity index (χ0v) is 19.5. The standard InChI is InChI=1S/C24H35N3O2S/c1-5-7-14-25-24(29)27(20(4)6-2)18-23(28)26(16-21-11-9-8-10-12-21)17-22-19(3)13-15-30-22/h8-13,15,20H,5-7,14,16-18H2,1-4H3,(H,25,29). The zero-order valence-electron chi connectivity index (χ0n) is 18.7. The maximum Gasteiger partial charge on any atom is 0.318 e. The minimum absolute atomic E-state index is 0.00220. The normalized spacial score (nSPS) is 11.7. The number of carbonyl (C=O) groups is 2. The summed E-state index contributed by atoms with van der Waals surface area (Å²) in [6, 6.07) is 11.9. The zero-order chi connectivity index (χ0) is 21.9. The van der Waals surface area contributed by atoms with E-state index in [1.807, 2.05) is 49.1 Å². The van der Waals surface area contributed by atoms with Crippen molar-refractivity contribution in [1.29, 1.82) is 0 Å². The second-order valence-corrected chi connectivity index (χ2v) is 8.73. The van der Waals surface area contributed by atoms with Gasteiger partial charge in [0, 0.05) is 24.0 Å². The monoisotopic (exact) mass is 429 g/mol. The third-order valence-corrected chi connectivity index (χ3v) is 6.38. The van der Waals surface area contributed by atoms with Gasteiger partial charge < -0.3 is 15.1 Å². The quantitative estimate of drug-likeness (QED) is 0.500. The van der Waals surface area contributed by atoms with E-state index in [4.69, 9.17) is 0 Å². The van der Waals surface area contributed by atoms with Gasteiger partial charge in [0.25, 0.3) is 0 Å². The largest absolute Gasteiger partial charge is 0.338 e. The van der Waals surface area contributed by atoms with Crippen LogP contribution in [0.15, 0.2) is 41.8 Å². The second-order valence-electron chi connectivity index (χ2n) is 7.73. The molecule has 1 unspecified atom stereocenters. The molecule has 1 aromatic heterocycles. The molecule has 164 valence electrons. The molecule has 1 aromatic carbocycles. The van der Waals surface area contributed by atoms with Crippen LogP contribution < -0.4 is 5.32 Å². The highest BCUT2D eigenvalue weighted by Crippen LogP contribution is 2.20. The Balaban J connectivity index is 2.16. The van der Waals surface area contributed by atoms with E-state index < -0.39 is 0 Å². The smallest absolute Gasteiger partial charge is 0.318 e. The summed E-state index contributed by atoms with van der Waals surface area (Å²) in [4.78, 5) is 30.8. The number of nitrogens with zero attached hydrogens (tertiary/aromatic N) is 2. The minimum Gasteiger partial charge on any atom is -0.338 e. The molecule has 0 aliphatic carbocycles. The fraction of sp³-hybridized carbons (Fsp3) is 0.500. The van der Waals surface area contributed by atoms with E-state index in [1.165, 1.54) is 10.4 Å². The first-order chi connectivity index (χ1) is 14.5. The van der Waals surface area contributed by atoms with Crippen LogP contribution in [0.3, 0.4) is 0 Å². The van der Waals surface area contributed by atoms with E-state index >= 15 is 0 Å². The number of benzene rings is 1.